The fourth-order valence-electron chi connectivity index (χ4n) is 2.42. The summed E-state index contributed by atoms with van der Waals surface area (Å²) in [5, 5.41) is 11.7. The molecule has 2 aromatic rings. The molecule has 2 amide bonds. The zero-order chi connectivity index (χ0) is 19.6. The Bertz CT molecular complexity index is 856. The van der Waals surface area contributed by atoms with E-state index >= 15 is 0 Å². The van der Waals surface area contributed by atoms with Gasteiger partial charge in [-0.2, -0.15) is 0 Å². The van der Waals surface area contributed by atoms with Gasteiger partial charge in [0.2, 0.25) is 16.9 Å². The molecular formula is C17H19ClN4O3S2. The van der Waals surface area contributed by atoms with Crippen molar-refractivity contribution in [3.8, 4) is 5.75 Å². The molecule has 1 aliphatic carbocycles. The molecule has 1 fully saturated rings. The van der Waals surface area contributed by atoms with Crippen molar-refractivity contribution in [2.24, 2.45) is 0 Å². The molecule has 1 saturated carbocycles. The minimum Gasteiger partial charge on any atom is -0.495 e. The number of thioether (sulfide) groups is 1. The lowest BCUT2D eigenvalue weighted by Crippen LogP contribution is -2.30. The summed E-state index contributed by atoms with van der Waals surface area (Å²) in [7, 11) is 1.53. The number of ether oxygens (including phenoxy) is 1. The number of carbonyl (C=O) groups is 2. The Kier molecular flexibility index (Phi) is 6.23. The van der Waals surface area contributed by atoms with Gasteiger partial charge in [0.25, 0.3) is 0 Å². The first kappa shape index (κ1) is 19.9. The zero-order valence-electron chi connectivity index (χ0n) is 15.1. The Morgan fingerprint density at radius 1 is 1.41 bits per heavy atom. The van der Waals surface area contributed by atoms with E-state index in [1.54, 1.807) is 30.0 Å². The van der Waals surface area contributed by atoms with Crippen LogP contribution in [0.3, 0.4) is 0 Å². The van der Waals surface area contributed by atoms with Gasteiger partial charge in [-0.3, -0.25) is 14.5 Å². The predicted molar refractivity (Wildman–Crippen MR) is 108 cm³/mol. The van der Waals surface area contributed by atoms with Crippen molar-refractivity contribution in [3.05, 3.63) is 23.2 Å². The molecule has 1 N–H and O–H groups in total. The van der Waals surface area contributed by atoms with Crippen LogP contribution in [0.1, 0.15) is 26.7 Å². The van der Waals surface area contributed by atoms with Crippen molar-refractivity contribution in [1.29, 1.82) is 0 Å². The lowest BCUT2D eigenvalue weighted by Gasteiger charge is -2.15. The molecule has 144 valence electrons. The van der Waals surface area contributed by atoms with Gasteiger partial charge in [-0.05, 0) is 38.0 Å². The molecule has 0 aliphatic heterocycles. The number of anilines is 2. The Hall–Kier alpha value is -1.84. The van der Waals surface area contributed by atoms with Crippen LogP contribution in [-0.4, -0.2) is 40.4 Å². The van der Waals surface area contributed by atoms with Crippen LogP contribution in [0.25, 0.3) is 0 Å². The maximum Gasteiger partial charge on any atom is 0.237 e. The lowest BCUT2D eigenvalue weighted by atomic mass is 10.3. The average molecular weight is 427 g/mol. The molecule has 0 bridgehead atoms. The normalized spacial score (nSPS) is 14.5. The van der Waals surface area contributed by atoms with E-state index in [-0.39, 0.29) is 17.9 Å². The summed E-state index contributed by atoms with van der Waals surface area (Å²) in [4.78, 5) is 25.9. The van der Waals surface area contributed by atoms with Gasteiger partial charge in [0, 0.05) is 18.7 Å². The molecule has 0 radical (unpaired) electrons. The van der Waals surface area contributed by atoms with Gasteiger partial charge < -0.3 is 10.1 Å². The third-order valence-electron chi connectivity index (χ3n) is 3.92. The van der Waals surface area contributed by atoms with E-state index in [9.17, 15) is 9.59 Å². The molecule has 10 heteroatoms. The number of halogens is 1. The second-order valence-corrected chi connectivity index (χ2v) is 9.02. The highest BCUT2D eigenvalue weighted by molar-refractivity contribution is 8.02. The number of amides is 2. The highest BCUT2D eigenvalue weighted by atomic mass is 35.5. The topological polar surface area (TPSA) is 84.4 Å². The second kappa shape index (κ2) is 8.45. The Labute approximate surface area is 170 Å². The Morgan fingerprint density at radius 3 is 2.74 bits per heavy atom. The van der Waals surface area contributed by atoms with Gasteiger partial charge in [0.05, 0.1) is 17.4 Å². The van der Waals surface area contributed by atoms with E-state index in [2.05, 4.69) is 15.5 Å². The summed E-state index contributed by atoms with van der Waals surface area (Å²) in [6, 6.07) is 5.29. The van der Waals surface area contributed by atoms with Gasteiger partial charge in [-0.1, -0.05) is 34.7 Å². The van der Waals surface area contributed by atoms with Crippen LogP contribution < -0.4 is 15.0 Å². The number of aromatic nitrogens is 2. The van der Waals surface area contributed by atoms with E-state index in [1.165, 1.54) is 37.1 Å². The Morgan fingerprint density at radius 2 is 2.15 bits per heavy atom. The number of hydrogen-bond acceptors (Lipinski definition) is 7. The van der Waals surface area contributed by atoms with E-state index in [1.807, 2.05) is 0 Å². The molecule has 27 heavy (non-hydrogen) atoms. The van der Waals surface area contributed by atoms with Crippen LogP contribution in [0.5, 0.6) is 5.75 Å². The number of methoxy groups -OCH3 is 1. The maximum absolute atomic E-state index is 12.4. The van der Waals surface area contributed by atoms with E-state index in [0.29, 0.717) is 25.9 Å². The van der Waals surface area contributed by atoms with Crippen LogP contribution in [0.4, 0.5) is 10.8 Å². The van der Waals surface area contributed by atoms with Crippen molar-refractivity contribution < 1.29 is 14.3 Å². The largest absolute Gasteiger partial charge is 0.495 e. The first-order valence-corrected chi connectivity index (χ1v) is 10.4. The van der Waals surface area contributed by atoms with Crippen molar-refractivity contribution in [2.45, 2.75) is 42.3 Å². The van der Waals surface area contributed by atoms with Crippen molar-refractivity contribution >= 4 is 57.3 Å². The molecule has 1 aromatic heterocycles. The van der Waals surface area contributed by atoms with Crippen molar-refractivity contribution in [1.82, 2.24) is 10.2 Å². The molecule has 7 nitrogen and oxygen atoms in total. The van der Waals surface area contributed by atoms with Crippen LogP contribution >= 0.6 is 34.7 Å². The minimum atomic E-state index is -0.390. The molecule has 1 aromatic carbocycles. The SMILES string of the molecule is COc1ccc(NC(=O)C(C)Sc2nnc(N(C(C)=O)C3CC3)s2)cc1Cl. The summed E-state index contributed by atoms with van der Waals surface area (Å²) in [5.41, 5.74) is 0.590. The smallest absolute Gasteiger partial charge is 0.237 e. The maximum atomic E-state index is 12.4. The third kappa shape index (κ3) is 4.91. The van der Waals surface area contributed by atoms with Gasteiger partial charge in [0.1, 0.15) is 5.75 Å². The second-order valence-electron chi connectivity index (χ2n) is 6.07. The van der Waals surface area contributed by atoms with Gasteiger partial charge in [0.15, 0.2) is 4.34 Å². The molecule has 1 heterocycles. The van der Waals surface area contributed by atoms with Crippen molar-refractivity contribution in [3.63, 3.8) is 0 Å². The summed E-state index contributed by atoms with van der Waals surface area (Å²) in [6.45, 7) is 3.32. The van der Waals surface area contributed by atoms with E-state index < -0.39 is 5.25 Å². The first-order chi connectivity index (χ1) is 12.9. The molecular weight excluding hydrogens is 408 g/mol. The van der Waals surface area contributed by atoms with Gasteiger partial charge >= 0.3 is 0 Å². The van der Waals surface area contributed by atoms with E-state index in [0.717, 1.165) is 12.8 Å². The summed E-state index contributed by atoms with van der Waals surface area (Å²) in [6.07, 6.45) is 1.98. The number of nitrogens with one attached hydrogen (secondary N) is 1. The average Bonchev–Trinajstić information content (AvgIpc) is 3.34. The fraction of sp³-hybridized carbons (Fsp3) is 0.412. The fourth-order valence-corrected chi connectivity index (χ4v) is 4.78. The minimum absolute atomic E-state index is 0.0348. The summed E-state index contributed by atoms with van der Waals surface area (Å²) >= 11 is 8.71. The number of hydrogen-bond donors (Lipinski definition) is 1. The van der Waals surface area contributed by atoms with Crippen LogP contribution in [0, 0.1) is 0 Å². The number of carbonyl (C=O) groups excluding carboxylic acids is 2. The Balaban J connectivity index is 1.61. The quantitative estimate of drug-likeness (QED) is 0.535. The van der Waals surface area contributed by atoms with Gasteiger partial charge in [-0.15, -0.1) is 10.2 Å². The molecule has 3 rings (SSSR count). The third-order valence-corrected chi connectivity index (χ3v) is 6.32. The van der Waals surface area contributed by atoms with Crippen LogP contribution in [0.2, 0.25) is 5.02 Å². The molecule has 1 unspecified atom stereocenters. The van der Waals surface area contributed by atoms with Crippen molar-refractivity contribution in [2.75, 3.05) is 17.3 Å². The molecule has 0 spiro atoms. The summed E-state index contributed by atoms with van der Waals surface area (Å²) in [5.74, 6) is 0.333. The first-order valence-electron chi connectivity index (χ1n) is 8.33. The molecule has 1 aliphatic rings. The standard InChI is InChI=1S/C17H19ClN4O3S2/c1-9(15(24)19-11-4-7-14(25-3)13(18)8-11)26-17-21-20-16(27-17)22(10(2)23)12-5-6-12/h4,7-9,12H,5-6H2,1-3H3,(H,19,24). The van der Waals surface area contributed by atoms with Crippen LogP contribution in [0.15, 0.2) is 22.5 Å². The predicted octanol–water partition coefficient (Wildman–Crippen LogP) is 3.83. The van der Waals surface area contributed by atoms with E-state index in [4.69, 9.17) is 16.3 Å². The highest BCUT2D eigenvalue weighted by Gasteiger charge is 2.34. The number of nitrogens with zero attached hydrogens (tertiary/aromatic N) is 3. The zero-order valence-corrected chi connectivity index (χ0v) is 17.5. The number of benzene rings is 1. The highest BCUT2D eigenvalue weighted by Crippen LogP contribution is 2.37. The van der Waals surface area contributed by atoms with Gasteiger partial charge in [-0.25, -0.2) is 0 Å². The lowest BCUT2D eigenvalue weighted by molar-refractivity contribution is -0.117. The molecule has 1 atom stereocenters. The monoisotopic (exact) mass is 426 g/mol. The molecule has 0 saturated heterocycles. The number of rotatable bonds is 7. The van der Waals surface area contributed by atoms with Crippen LogP contribution in [-0.2, 0) is 9.59 Å². The summed E-state index contributed by atoms with van der Waals surface area (Å²) < 4.78 is 5.75.